The molecule has 2 N–H and O–H groups in total. The summed E-state index contributed by atoms with van der Waals surface area (Å²) in [5, 5.41) is 2.93. The molecule has 0 aliphatic rings. The van der Waals surface area contributed by atoms with Crippen LogP contribution in [0.1, 0.15) is 17.3 Å². The lowest BCUT2D eigenvalue weighted by molar-refractivity contribution is 0.0600. The van der Waals surface area contributed by atoms with E-state index in [2.05, 4.69) is 30.7 Å². The van der Waals surface area contributed by atoms with Crippen molar-refractivity contribution in [2.45, 2.75) is 17.9 Å². The summed E-state index contributed by atoms with van der Waals surface area (Å²) in [7, 11) is -0.696. The minimum atomic E-state index is -3.68. The van der Waals surface area contributed by atoms with Gasteiger partial charge < -0.3 is 10.1 Å². The Hall–Kier alpha value is -0.670. The third-order valence-electron chi connectivity index (χ3n) is 2.68. The first-order valence-electron chi connectivity index (χ1n) is 5.86. The van der Waals surface area contributed by atoms with Crippen molar-refractivity contribution in [2.24, 2.45) is 0 Å². The Labute approximate surface area is 139 Å². The van der Waals surface area contributed by atoms with Crippen LogP contribution in [0, 0.1) is 0 Å². The normalized spacial score (nSPS) is 12.4. The highest BCUT2D eigenvalue weighted by Crippen LogP contribution is 2.20. The number of likely N-dealkylation sites (N-methyl/N-ethyl adjacent to an activating group) is 1. The summed E-state index contributed by atoms with van der Waals surface area (Å²) in [5.41, 5.74) is 0.170. The molecule has 1 rings (SSSR count). The van der Waals surface area contributed by atoms with E-state index in [-0.39, 0.29) is 35.5 Å². The fourth-order valence-electron chi connectivity index (χ4n) is 1.37. The lowest BCUT2D eigenvalue weighted by atomic mass is 10.2. The Morgan fingerprint density at radius 3 is 2.52 bits per heavy atom. The Kier molecular flexibility index (Phi) is 8.42. The van der Waals surface area contributed by atoms with Gasteiger partial charge in [-0.15, -0.1) is 12.4 Å². The molecule has 0 aliphatic carbocycles. The summed E-state index contributed by atoms with van der Waals surface area (Å²) in [4.78, 5) is 11.5. The Balaban J connectivity index is 0.00000400. The van der Waals surface area contributed by atoms with Crippen LogP contribution >= 0.6 is 28.3 Å². The molecule has 0 radical (unpaired) electrons. The van der Waals surface area contributed by atoms with Gasteiger partial charge in [0.05, 0.1) is 17.6 Å². The smallest absolute Gasteiger partial charge is 0.337 e. The third kappa shape index (κ3) is 5.91. The van der Waals surface area contributed by atoms with E-state index in [4.69, 9.17) is 0 Å². The Morgan fingerprint density at radius 2 is 2.00 bits per heavy atom. The van der Waals surface area contributed by atoms with Crippen molar-refractivity contribution < 1.29 is 17.9 Å². The largest absolute Gasteiger partial charge is 0.465 e. The van der Waals surface area contributed by atoms with Gasteiger partial charge >= 0.3 is 5.97 Å². The molecule has 0 saturated carbocycles. The molecule has 6 nitrogen and oxygen atoms in total. The molecule has 1 aromatic carbocycles. The summed E-state index contributed by atoms with van der Waals surface area (Å²) in [6.45, 7) is 2.10. The number of hydrogen-bond acceptors (Lipinski definition) is 5. The average Bonchev–Trinajstić information content (AvgIpc) is 2.43. The van der Waals surface area contributed by atoms with Crippen LogP contribution in [0.5, 0.6) is 0 Å². The van der Waals surface area contributed by atoms with Gasteiger partial charge in [-0.1, -0.05) is 15.9 Å². The van der Waals surface area contributed by atoms with Gasteiger partial charge in [0, 0.05) is 17.1 Å². The highest BCUT2D eigenvalue weighted by Gasteiger charge is 2.18. The number of esters is 1. The molecule has 9 heteroatoms. The summed E-state index contributed by atoms with van der Waals surface area (Å²) < 4.78 is 31.9. The second-order valence-electron chi connectivity index (χ2n) is 4.21. The second-order valence-corrected chi connectivity index (χ2v) is 6.89. The first-order chi connectivity index (χ1) is 9.30. The average molecular weight is 402 g/mol. The minimum absolute atomic E-state index is 0. The monoisotopic (exact) mass is 400 g/mol. The number of sulfonamides is 1. The number of carbonyl (C=O) groups is 1. The molecule has 1 unspecified atom stereocenters. The molecular weight excluding hydrogens is 384 g/mol. The molecule has 0 aromatic heterocycles. The predicted molar refractivity (Wildman–Crippen MR) is 86.4 cm³/mol. The van der Waals surface area contributed by atoms with E-state index in [1.165, 1.54) is 25.3 Å². The molecule has 120 valence electrons. The van der Waals surface area contributed by atoms with Crippen molar-refractivity contribution in [3.05, 3.63) is 28.2 Å². The third-order valence-corrected chi connectivity index (χ3v) is 4.54. The highest BCUT2D eigenvalue weighted by atomic mass is 79.9. The summed E-state index contributed by atoms with van der Waals surface area (Å²) in [6.07, 6.45) is 0. The fourth-order valence-corrected chi connectivity index (χ4v) is 3.22. The quantitative estimate of drug-likeness (QED) is 0.707. The maximum atomic E-state index is 12.2. The number of carbonyl (C=O) groups excluding carboxylic acids is 1. The highest BCUT2D eigenvalue weighted by molar-refractivity contribution is 9.10. The first-order valence-corrected chi connectivity index (χ1v) is 8.13. The van der Waals surface area contributed by atoms with E-state index in [9.17, 15) is 13.2 Å². The number of ether oxygens (including phenoxy) is 1. The molecule has 1 aromatic rings. The molecule has 0 spiro atoms. The van der Waals surface area contributed by atoms with E-state index < -0.39 is 16.0 Å². The maximum absolute atomic E-state index is 12.2. The fraction of sp³-hybridized carbons (Fsp3) is 0.417. The molecular formula is C12H18BrClN2O4S. The predicted octanol–water partition coefficient (Wildman–Crippen LogP) is 1.54. The lowest BCUT2D eigenvalue weighted by Gasteiger charge is -2.12. The van der Waals surface area contributed by atoms with Crippen LogP contribution in [0.4, 0.5) is 0 Å². The second kappa shape index (κ2) is 8.70. The standard InChI is InChI=1S/C12H17BrN2O4S.ClH/c1-8(14-2)7-15-20(17,18)11-5-9(12(16)19-3)4-10(13)6-11;/h4-6,8,14-15H,7H2,1-3H3;1H. The molecule has 0 fully saturated rings. The van der Waals surface area contributed by atoms with Crippen LogP contribution < -0.4 is 10.0 Å². The van der Waals surface area contributed by atoms with Gasteiger partial charge in [0.2, 0.25) is 10.0 Å². The number of methoxy groups -OCH3 is 1. The van der Waals surface area contributed by atoms with Crippen molar-refractivity contribution in [1.29, 1.82) is 0 Å². The van der Waals surface area contributed by atoms with Gasteiger partial charge in [0.1, 0.15) is 0 Å². The molecule has 21 heavy (non-hydrogen) atoms. The van der Waals surface area contributed by atoms with Crippen molar-refractivity contribution in [3.8, 4) is 0 Å². The summed E-state index contributed by atoms with van der Waals surface area (Å²) in [5.74, 6) is -0.591. The van der Waals surface area contributed by atoms with Crippen molar-refractivity contribution >= 4 is 44.3 Å². The number of nitrogens with one attached hydrogen (secondary N) is 2. The Morgan fingerprint density at radius 1 is 1.38 bits per heavy atom. The van der Waals surface area contributed by atoms with Gasteiger partial charge in [0.25, 0.3) is 0 Å². The molecule has 0 heterocycles. The van der Waals surface area contributed by atoms with Gasteiger partial charge in [-0.2, -0.15) is 0 Å². The Bertz CT molecular complexity index is 595. The van der Waals surface area contributed by atoms with Crippen LogP contribution in [0.2, 0.25) is 0 Å². The number of benzene rings is 1. The summed E-state index contributed by atoms with van der Waals surface area (Å²) in [6, 6.07) is 4.21. The van der Waals surface area contributed by atoms with Crippen molar-refractivity contribution in [3.63, 3.8) is 0 Å². The van der Waals surface area contributed by atoms with E-state index in [1.807, 2.05) is 6.92 Å². The van der Waals surface area contributed by atoms with Gasteiger partial charge in [-0.05, 0) is 32.2 Å². The van der Waals surface area contributed by atoms with Gasteiger partial charge in [0.15, 0.2) is 0 Å². The van der Waals surface area contributed by atoms with E-state index in [1.54, 1.807) is 7.05 Å². The SMILES string of the molecule is CNC(C)CNS(=O)(=O)c1cc(Br)cc(C(=O)OC)c1.Cl. The molecule has 0 bridgehead atoms. The molecule has 0 aliphatic heterocycles. The van der Waals surface area contributed by atoms with Gasteiger partial charge in [-0.25, -0.2) is 17.9 Å². The zero-order valence-corrected chi connectivity index (χ0v) is 15.1. The molecule has 0 saturated heterocycles. The summed E-state index contributed by atoms with van der Waals surface area (Å²) >= 11 is 3.18. The minimum Gasteiger partial charge on any atom is -0.465 e. The zero-order valence-electron chi connectivity index (χ0n) is 11.8. The lowest BCUT2D eigenvalue weighted by Crippen LogP contribution is -2.37. The van der Waals surface area contributed by atoms with Crippen LogP contribution in [0.15, 0.2) is 27.6 Å². The van der Waals surface area contributed by atoms with Crippen LogP contribution in [0.3, 0.4) is 0 Å². The molecule has 0 amide bonds. The first kappa shape index (κ1) is 20.3. The zero-order chi connectivity index (χ0) is 15.3. The van der Waals surface area contributed by atoms with E-state index >= 15 is 0 Å². The molecule has 1 atom stereocenters. The number of halogens is 2. The number of hydrogen-bond donors (Lipinski definition) is 2. The number of rotatable bonds is 6. The van der Waals surface area contributed by atoms with E-state index in [0.717, 1.165) is 0 Å². The van der Waals surface area contributed by atoms with Crippen molar-refractivity contribution in [1.82, 2.24) is 10.0 Å². The van der Waals surface area contributed by atoms with Crippen LogP contribution in [-0.2, 0) is 14.8 Å². The topological polar surface area (TPSA) is 84.5 Å². The van der Waals surface area contributed by atoms with E-state index in [0.29, 0.717) is 4.47 Å². The van der Waals surface area contributed by atoms with Crippen LogP contribution in [-0.4, -0.2) is 41.1 Å². The maximum Gasteiger partial charge on any atom is 0.337 e. The van der Waals surface area contributed by atoms with Gasteiger partial charge in [-0.3, -0.25) is 0 Å². The van der Waals surface area contributed by atoms with Crippen molar-refractivity contribution in [2.75, 3.05) is 20.7 Å². The van der Waals surface area contributed by atoms with Crippen LogP contribution in [0.25, 0.3) is 0 Å².